The summed E-state index contributed by atoms with van der Waals surface area (Å²) in [5, 5.41) is 0. The van der Waals surface area contributed by atoms with E-state index >= 15 is 0 Å². The molecule has 1 aliphatic heterocycles. The molecule has 0 saturated carbocycles. The minimum Gasteiger partial charge on any atom is -0.334 e. The fraction of sp³-hybridized carbons (Fsp3) is 0.308. The second kappa shape index (κ2) is 5.52. The van der Waals surface area contributed by atoms with Crippen molar-refractivity contribution in [1.82, 2.24) is 4.90 Å². The third kappa shape index (κ3) is 3.10. The standard InChI is InChI=1S/C13H13BrINO/c1-9-3-2-6-16(8-9)13(17)11-7-10(14)4-5-12(11)15/h3-5,7H,2,6,8H2,1H3. The van der Waals surface area contributed by atoms with Crippen LogP contribution in [0.3, 0.4) is 0 Å². The molecular weight excluding hydrogens is 393 g/mol. The maximum absolute atomic E-state index is 12.4. The van der Waals surface area contributed by atoms with E-state index in [1.165, 1.54) is 5.57 Å². The van der Waals surface area contributed by atoms with Crippen LogP contribution in [-0.2, 0) is 0 Å². The summed E-state index contributed by atoms with van der Waals surface area (Å²) in [7, 11) is 0. The summed E-state index contributed by atoms with van der Waals surface area (Å²) in [6.07, 6.45) is 3.16. The maximum Gasteiger partial charge on any atom is 0.255 e. The molecule has 4 heteroatoms. The van der Waals surface area contributed by atoms with Gasteiger partial charge >= 0.3 is 0 Å². The second-order valence-corrected chi connectivity index (χ2v) is 6.27. The van der Waals surface area contributed by atoms with E-state index in [-0.39, 0.29) is 5.91 Å². The summed E-state index contributed by atoms with van der Waals surface area (Å²) >= 11 is 5.63. The molecule has 0 spiro atoms. The van der Waals surface area contributed by atoms with Crippen LogP contribution < -0.4 is 0 Å². The molecule has 1 aromatic rings. The van der Waals surface area contributed by atoms with Crippen molar-refractivity contribution in [1.29, 1.82) is 0 Å². The van der Waals surface area contributed by atoms with Gasteiger partial charge in [0.2, 0.25) is 0 Å². The number of amides is 1. The van der Waals surface area contributed by atoms with Gasteiger partial charge in [-0.25, -0.2) is 0 Å². The number of nitrogens with zero attached hydrogens (tertiary/aromatic N) is 1. The van der Waals surface area contributed by atoms with Crippen LogP contribution in [-0.4, -0.2) is 23.9 Å². The molecule has 2 rings (SSSR count). The monoisotopic (exact) mass is 405 g/mol. The summed E-state index contributed by atoms with van der Waals surface area (Å²) in [6.45, 7) is 3.64. The molecule has 0 N–H and O–H groups in total. The Morgan fingerprint density at radius 2 is 2.24 bits per heavy atom. The molecule has 0 fully saturated rings. The molecule has 0 bridgehead atoms. The van der Waals surface area contributed by atoms with Gasteiger partial charge in [0.25, 0.3) is 5.91 Å². The minimum absolute atomic E-state index is 0.128. The molecule has 0 unspecified atom stereocenters. The number of benzene rings is 1. The molecule has 0 atom stereocenters. The van der Waals surface area contributed by atoms with Gasteiger partial charge in [-0.1, -0.05) is 27.6 Å². The van der Waals surface area contributed by atoms with Crippen LogP contribution in [0.4, 0.5) is 0 Å². The van der Waals surface area contributed by atoms with Gasteiger partial charge in [-0.15, -0.1) is 0 Å². The van der Waals surface area contributed by atoms with Crippen molar-refractivity contribution in [3.8, 4) is 0 Å². The molecule has 2 nitrogen and oxygen atoms in total. The van der Waals surface area contributed by atoms with E-state index in [2.05, 4.69) is 51.5 Å². The Kier molecular flexibility index (Phi) is 4.25. The minimum atomic E-state index is 0.128. The van der Waals surface area contributed by atoms with Gasteiger partial charge in [-0.2, -0.15) is 0 Å². The summed E-state index contributed by atoms with van der Waals surface area (Å²) in [4.78, 5) is 14.3. The summed E-state index contributed by atoms with van der Waals surface area (Å²) in [5.41, 5.74) is 2.06. The Morgan fingerprint density at radius 1 is 1.47 bits per heavy atom. The molecule has 1 aliphatic rings. The largest absolute Gasteiger partial charge is 0.334 e. The third-order valence-electron chi connectivity index (χ3n) is 2.78. The first kappa shape index (κ1) is 13.1. The number of carbonyl (C=O) groups is 1. The molecular formula is C13H13BrINO. The van der Waals surface area contributed by atoms with E-state index in [1.807, 2.05) is 23.1 Å². The van der Waals surface area contributed by atoms with Crippen molar-refractivity contribution in [2.24, 2.45) is 0 Å². The second-order valence-electron chi connectivity index (χ2n) is 4.19. The smallest absolute Gasteiger partial charge is 0.255 e. The number of carbonyl (C=O) groups excluding carboxylic acids is 1. The number of rotatable bonds is 1. The quantitative estimate of drug-likeness (QED) is 0.513. The Morgan fingerprint density at radius 3 is 2.94 bits per heavy atom. The highest BCUT2D eigenvalue weighted by Crippen LogP contribution is 2.21. The predicted octanol–water partition coefficient (Wildman–Crippen LogP) is 3.85. The van der Waals surface area contributed by atoms with Gasteiger partial charge in [0.1, 0.15) is 0 Å². The van der Waals surface area contributed by atoms with E-state index in [1.54, 1.807) is 0 Å². The van der Waals surface area contributed by atoms with Crippen molar-refractivity contribution in [3.05, 3.63) is 43.5 Å². The molecule has 1 heterocycles. The molecule has 1 amide bonds. The van der Waals surface area contributed by atoms with Crippen LogP contribution >= 0.6 is 38.5 Å². The molecule has 17 heavy (non-hydrogen) atoms. The summed E-state index contributed by atoms with van der Waals surface area (Å²) in [6, 6.07) is 5.82. The average molecular weight is 406 g/mol. The van der Waals surface area contributed by atoms with Gasteiger partial charge in [0, 0.05) is 21.1 Å². The van der Waals surface area contributed by atoms with Crippen molar-refractivity contribution in [3.63, 3.8) is 0 Å². The SMILES string of the molecule is CC1=CCCN(C(=O)c2cc(Br)ccc2I)C1. The lowest BCUT2D eigenvalue weighted by atomic mass is 10.1. The van der Waals surface area contributed by atoms with E-state index in [0.29, 0.717) is 0 Å². The van der Waals surface area contributed by atoms with E-state index < -0.39 is 0 Å². The van der Waals surface area contributed by atoms with Crippen LogP contribution in [0.2, 0.25) is 0 Å². The normalized spacial score (nSPS) is 15.7. The highest BCUT2D eigenvalue weighted by Gasteiger charge is 2.20. The van der Waals surface area contributed by atoms with Crippen LogP contribution in [0.5, 0.6) is 0 Å². The Bertz CT molecular complexity index is 484. The number of hydrogen-bond acceptors (Lipinski definition) is 1. The van der Waals surface area contributed by atoms with Crippen LogP contribution in [0.25, 0.3) is 0 Å². The van der Waals surface area contributed by atoms with Crippen LogP contribution in [0, 0.1) is 3.57 Å². The first-order valence-corrected chi connectivity index (χ1v) is 7.35. The zero-order valence-corrected chi connectivity index (χ0v) is 13.3. The zero-order valence-electron chi connectivity index (χ0n) is 9.54. The summed E-state index contributed by atoms with van der Waals surface area (Å²) in [5.74, 6) is 0.128. The highest BCUT2D eigenvalue weighted by molar-refractivity contribution is 14.1. The van der Waals surface area contributed by atoms with Crippen molar-refractivity contribution >= 4 is 44.4 Å². The molecule has 90 valence electrons. The molecule has 1 aromatic carbocycles. The fourth-order valence-electron chi connectivity index (χ4n) is 1.92. The third-order valence-corrected chi connectivity index (χ3v) is 4.21. The van der Waals surface area contributed by atoms with Gasteiger partial charge in [0.15, 0.2) is 0 Å². The molecule has 0 aromatic heterocycles. The predicted molar refractivity (Wildman–Crippen MR) is 81.1 cm³/mol. The first-order valence-electron chi connectivity index (χ1n) is 5.48. The number of hydrogen-bond donors (Lipinski definition) is 0. The lowest BCUT2D eigenvalue weighted by Crippen LogP contribution is -2.35. The highest BCUT2D eigenvalue weighted by atomic mass is 127. The van der Waals surface area contributed by atoms with E-state index in [4.69, 9.17) is 0 Å². The summed E-state index contributed by atoms with van der Waals surface area (Å²) < 4.78 is 1.95. The topological polar surface area (TPSA) is 20.3 Å². The van der Waals surface area contributed by atoms with E-state index in [0.717, 1.165) is 33.1 Å². The van der Waals surface area contributed by atoms with Crippen LogP contribution in [0.1, 0.15) is 23.7 Å². The Balaban J connectivity index is 2.25. The average Bonchev–Trinajstić information content (AvgIpc) is 2.31. The Labute approximate surface area is 123 Å². The van der Waals surface area contributed by atoms with Gasteiger partial charge in [0.05, 0.1) is 5.56 Å². The lowest BCUT2D eigenvalue weighted by molar-refractivity contribution is 0.0765. The van der Waals surface area contributed by atoms with Crippen molar-refractivity contribution in [2.45, 2.75) is 13.3 Å². The van der Waals surface area contributed by atoms with Crippen LogP contribution in [0.15, 0.2) is 34.3 Å². The molecule has 0 aliphatic carbocycles. The molecule has 0 saturated heterocycles. The fourth-order valence-corrected chi connectivity index (χ4v) is 2.84. The zero-order chi connectivity index (χ0) is 12.4. The maximum atomic E-state index is 12.4. The first-order chi connectivity index (χ1) is 8.08. The van der Waals surface area contributed by atoms with Gasteiger partial charge < -0.3 is 4.90 Å². The van der Waals surface area contributed by atoms with E-state index in [9.17, 15) is 4.79 Å². The molecule has 0 radical (unpaired) electrons. The van der Waals surface area contributed by atoms with Crippen molar-refractivity contribution < 1.29 is 4.79 Å². The van der Waals surface area contributed by atoms with Gasteiger partial charge in [-0.05, 0) is 54.1 Å². The van der Waals surface area contributed by atoms with Crippen molar-refractivity contribution in [2.75, 3.05) is 13.1 Å². The lowest BCUT2D eigenvalue weighted by Gasteiger charge is -2.26. The Hall–Kier alpha value is -0.360. The number of halogens is 2. The van der Waals surface area contributed by atoms with Gasteiger partial charge in [-0.3, -0.25) is 4.79 Å².